The van der Waals surface area contributed by atoms with Gasteiger partial charge in [0.2, 0.25) is 11.8 Å². The number of nitrogens with one attached hydrogen (secondary N) is 2. The first-order valence-electron chi connectivity index (χ1n) is 8.19. The molecule has 1 aliphatic heterocycles. The van der Waals surface area contributed by atoms with Crippen LogP contribution in [0.3, 0.4) is 0 Å². The second kappa shape index (κ2) is 8.89. The standard InChI is InChI=1S/C19H13ClFN3O4S/c20-11-1-5-13(6-2-11)22-16(25)9-15-18(27)24(19(28)29-15)10-17(26)23-14-7-3-12(21)4-8-14/h1-9H,10H2,(H,22,25)(H,23,26). The highest BCUT2D eigenvalue weighted by molar-refractivity contribution is 8.18. The lowest BCUT2D eigenvalue weighted by atomic mass is 10.3. The van der Waals surface area contributed by atoms with Crippen molar-refractivity contribution in [1.82, 2.24) is 4.90 Å². The molecule has 0 unspecified atom stereocenters. The minimum atomic E-state index is -0.750. The van der Waals surface area contributed by atoms with Gasteiger partial charge in [-0.25, -0.2) is 4.39 Å². The number of hydrogen-bond donors (Lipinski definition) is 2. The van der Waals surface area contributed by atoms with E-state index in [9.17, 15) is 23.6 Å². The third-order valence-corrected chi connectivity index (χ3v) is 4.84. The fourth-order valence-electron chi connectivity index (χ4n) is 2.34. The topological polar surface area (TPSA) is 95.6 Å². The third-order valence-electron chi connectivity index (χ3n) is 3.68. The van der Waals surface area contributed by atoms with Crippen LogP contribution in [0.15, 0.2) is 59.5 Å². The molecule has 0 aliphatic carbocycles. The first kappa shape index (κ1) is 20.6. The Labute approximate surface area is 173 Å². The van der Waals surface area contributed by atoms with Gasteiger partial charge in [0, 0.05) is 22.5 Å². The van der Waals surface area contributed by atoms with Crippen molar-refractivity contribution in [2.24, 2.45) is 0 Å². The number of thioether (sulfide) groups is 1. The van der Waals surface area contributed by atoms with Crippen molar-refractivity contribution in [1.29, 1.82) is 0 Å². The van der Waals surface area contributed by atoms with Gasteiger partial charge in [0.1, 0.15) is 12.4 Å². The first-order valence-corrected chi connectivity index (χ1v) is 9.38. The summed E-state index contributed by atoms with van der Waals surface area (Å²) in [5.41, 5.74) is 0.787. The zero-order chi connectivity index (χ0) is 21.0. The van der Waals surface area contributed by atoms with E-state index < -0.39 is 35.3 Å². The van der Waals surface area contributed by atoms with Gasteiger partial charge in [-0.3, -0.25) is 24.1 Å². The Morgan fingerprint density at radius 2 is 1.59 bits per heavy atom. The van der Waals surface area contributed by atoms with Gasteiger partial charge in [0.05, 0.1) is 4.91 Å². The van der Waals surface area contributed by atoms with Crippen molar-refractivity contribution in [2.45, 2.75) is 0 Å². The maximum absolute atomic E-state index is 12.9. The number of rotatable bonds is 5. The zero-order valence-corrected chi connectivity index (χ0v) is 16.2. The monoisotopic (exact) mass is 433 g/mol. The lowest BCUT2D eigenvalue weighted by molar-refractivity contribution is -0.127. The van der Waals surface area contributed by atoms with Crippen LogP contribution < -0.4 is 10.6 Å². The van der Waals surface area contributed by atoms with Crippen LogP contribution in [0.1, 0.15) is 0 Å². The summed E-state index contributed by atoms with van der Waals surface area (Å²) in [5, 5.41) is 4.84. The van der Waals surface area contributed by atoms with Crippen LogP contribution in [0, 0.1) is 5.82 Å². The molecule has 2 aromatic rings. The van der Waals surface area contributed by atoms with Crippen molar-refractivity contribution in [3.63, 3.8) is 0 Å². The van der Waals surface area contributed by atoms with Crippen LogP contribution in [0.2, 0.25) is 5.02 Å². The number of amides is 4. The smallest absolute Gasteiger partial charge is 0.294 e. The normalized spacial score (nSPS) is 15.0. The summed E-state index contributed by atoms with van der Waals surface area (Å²) in [6.07, 6.45) is 0.997. The second-order valence-corrected chi connectivity index (χ2v) is 7.25. The molecule has 3 rings (SSSR count). The minimum Gasteiger partial charge on any atom is -0.325 e. The van der Waals surface area contributed by atoms with E-state index in [1.807, 2.05) is 0 Å². The van der Waals surface area contributed by atoms with Crippen LogP contribution in [-0.4, -0.2) is 34.4 Å². The molecule has 0 spiro atoms. The minimum absolute atomic E-state index is 0.101. The Bertz CT molecular complexity index is 1010. The number of carbonyl (C=O) groups excluding carboxylic acids is 4. The van der Waals surface area contributed by atoms with Crippen LogP contribution in [0.4, 0.5) is 20.6 Å². The molecule has 4 amide bonds. The summed E-state index contributed by atoms with van der Waals surface area (Å²) in [7, 11) is 0. The summed E-state index contributed by atoms with van der Waals surface area (Å²) in [4.78, 5) is 49.2. The van der Waals surface area contributed by atoms with Gasteiger partial charge < -0.3 is 10.6 Å². The van der Waals surface area contributed by atoms with Gasteiger partial charge in [-0.15, -0.1) is 0 Å². The third kappa shape index (κ3) is 5.43. The number of anilines is 2. The van der Waals surface area contributed by atoms with Crippen LogP contribution in [0.5, 0.6) is 0 Å². The van der Waals surface area contributed by atoms with Crippen LogP contribution in [0.25, 0.3) is 0 Å². The van der Waals surface area contributed by atoms with Gasteiger partial charge in [-0.2, -0.15) is 0 Å². The molecule has 29 heavy (non-hydrogen) atoms. The number of halogens is 2. The van der Waals surface area contributed by atoms with Crippen LogP contribution in [-0.2, 0) is 14.4 Å². The molecule has 2 N–H and O–H groups in total. The van der Waals surface area contributed by atoms with Crippen molar-refractivity contribution >= 4 is 57.7 Å². The summed E-state index contributed by atoms with van der Waals surface area (Å²) in [5.74, 6) is -2.45. The van der Waals surface area contributed by atoms with Crippen molar-refractivity contribution < 1.29 is 23.6 Å². The van der Waals surface area contributed by atoms with E-state index in [1.54, 1.807) is 24.3 Å². The molecule has 0 atom stereocenters. The maximum atomic E-state index is 12.9. The summed E-state index contributed by atoms with van der Waals surface area (Å²) >= 11 is 6.33. The molecular formula is C19H13ClFN3O4S. The Balaban J connectivity index is 1.61. The quantitative estimate of drug-likeness (QED) is 0.702. The highest BCUT2D eigenvalue weighted by Crippen LogP contribution is 2.30. The number of carbonyl (C=O) groups is 4. The average molecular weight is 434 g/mol. The van der Waals surface area contributed by atoms with E-state index in [0.29, 0.717) is 28.2 Å². The molecule has 0 aromatic heterocycles. The van der Waals surface area contributed by atoms with Crippen molar-refractivity contribution in [2.75, 3.05) is 17.2 Å². The molecule has 148 valence electrons. The van der Waals surface area contributed by atoms with Gasteiger partial charge in [0.25, 0.3) is 11.1 Å². The first-order chi connectivity index (χ1) is 13.8. The van der Waals surface area contributed by atoms with E-state index in [2.05, 4.69) is 10.6 Å². The SMILES string of the molecule is O=C(C=C1SC(=O)N(CC(=O)Nc2ccc(F)cc2)C1=O)Nc1ccc(Cl)cc1. The van der Waals surface area contributed by atoms with Crippen molar-refractivity contribution in [3.8, 4) is 0 Å². The Kier molecular flexibility index (Phi) is 6.30. The van der Waals surface area contributed by atoms with E-state index in [4.69, 9.17) is 11.6 Å². The number of nitrogens with zero attached hydrogens (tertiary/aromatic N) is 1. The predicted molar refractivity (Wildman–Crippen MR) is 108 cm³/mol. The molecule has 10 heteroatoms. The van der Waals surface area contributed by atoms with Crippen molar-refractivity contribution in [3.05, 3.63) is 70.4 Å². The largest absolute Gasteiger partial charge is 0.325 e. The maximum Gasteiger partial charge on any atom is 0.294 e. The Morgan fingerprint density at radius 3 is 2.24 bits per heavy atom. The lowest BCUT2D eigenvalue weighted by Gasteiger charge is -2.12. The highest BCUT2D eigenvalue weighted by atomic mass is 35.5. The molecular weight excluding hydrogens is 421 g/mol. The van der Waals surface area contributed by atoms with E-state index in [0.717, 1.165) is 23.1 Å². The molecule has 1 fully saturated rings. The number of benzene rings is 2. The molecule has 2 aromatic carbocycles. The second-order valence-electron chi connectivity index (χ2n) is 5.82. The molecule has 0 bridgehead atoms. The lowest BCUT2D eigenvalue weighted by Crippen LogP contribution is -2.36. The molecule has 0 radical (unpaired) electrons. The molecule has 1 aliphatic rings. The number of hydrogen-bond acceptors (Lipinski definition) is 5. The van der Waals surface area contributed by atoms with E-state index >= 15 is 0 Å². The average Bonchev–Trinajstić information content (AvgIpc) is 2.93. The summed E-state index contributed by atoms with van der Waals surface area (Å²) < 4.78 is 12.9. The fourth-order valence-corrected chi connectivity index (χ4v) is 3.28. The number of imide groups is 1. The van der Waals surface area contributed by atoms with Gasteiger partial charge in [-0.05, 0) is 60.3 Å². The van der Waals surface area contributed by atoms with E-state index in [-0.39, 0.29) is 4.91 Å². The van der Waals surface area contributed by atoms with Gasteiger partial charge >= 0.3 is 0 Å². The molecule has 0 saturated carbocycles. The molecule has 7 nitrogen and oxygen atoms in total. The Morgan fingerprint density at radius 1 is 1.00 bits per heavy atom. The predicted octanol–water partition coefficient (Wildman–Crippen LogP) is 3.64. The Hall–Kier alpha value is -3.17. The highest BCUT2D eigenvalue weighted by Gasteiger charge is 2.36. The fraction of sp³-hybridized carbons (Fsp3) is 0.0526. The van der Waals surface area contributed by atoms with Gasteiger partial charge in [0.15, 0.2) is 0 Å². The zero-order valence-electron chi connectivity index (χ0n) is 14.6. The summed E-state index contributed by atoms with van der Waals surface area (Å²) in [6.45, 7) is -0.530. The molecule has 1 heterocycles. The van der Waals surface area contributed by atoms with Crippen LogP contribution >= 0.6 is 23.4 Å². The van der Waals surface area contributed by atoms with E-state index in [1.165, 1.54) is 12.1 Å². The molecule has 1 saturated heterocycles. The summed E-state index contributed by atoms with van der Waals surface area (Å²) in [6, 6.07) is 11.4. The van der Waals surface area contributed by atoms with Gasteiger partial charge in [-0.1, -0.05) is 11.6 Å².